The molecule has 1 aliphatic carbocycles. The summed E-state index contributed by atoms with van der Waals surface area (Å²) < 4.78 is 56.3. The maximum absolute atomic E-state index is 13.0. The van der Waals surface area contributed by atoms with E-state index in [-0.39, 0.29) is 17.9 Å². The second-order valence-corrected chi connectivity index (χ2v) is 9.55. The molecule has 11 heteroatoms. The zero-order chi connectivity index (χ0) is 19.7. The minimum Gasteiger partial charge on any atom is -0.345 e. The molecule has 1 unspecified atom stereocenters. The molecule has 3 aromatic heterocycles. The summed E-state index contributed by atoms with van der Waals surface area (Å²) in [5, 5.41) is 0. The van der Waals surface area contributed by atoms with Crippen molar-refractivity contribution in [3.63, 3.8) is 0 Å². The number of rotatable bonds is 4. The average Bonchev–Trinajstić information content (AvgIpc) is 3.29. The van der Waals surface area contributed by atoms with Crippen molar-refractivity contribution in [2.45, 2.75) is 37.6 Å². The van der Waals surface area contributed by atoms with Gasteiger partial charge in [0.15, 0.2) is 11.3 Å². The van der Waals surface area contributed by atoms with Crippen molar-refractivity contribution >= 4 is 27.0 Å². The first-order valence-electron chi connectivity index (χ1n) is 9.18. The summed E-state index contributed by atoms with van der Waals surface area (Å²) in [7, 11) is -3.90. The van der Waals surface area contributed by atoms with E-state index in [0.717, 1.165) is 26.8 Å². The Kier molecular flexibility index (Phi) is 3.81. The molecule has 0 amide bonds. The van der Waals surface area contributed by atoms with E-state index in [2.05, 4.69) is 26.6 Å². The van der Waals surface area contributed by atoms with Crippen molar-refractivity contribution in [3.8, 4) is 0 Å². The summed E-state index contributed by atoms with van der Waals surface area (Å²) in [5.74, 6) is -2.61. The van der Waals surface area contributed by atoms with Crippen molar-refractivity contribution in [1.82, 2.24) is 28.4 Å². The number of alkyl halides is 2. The van der Waals surface area contributed by atoms with Crippen LogP contribution in [0.2, 0.25) is 0 Å². The molecular formula is C17H20F2N6O2S. The maximum atomic E-state index is 13.0. The van der Waals surface area contributed by atoms with E-state index in [1.54, 1.807) is 6.20 Å². The van der Waals surface area contributed by atoms with Gasteiger partial charge in [-0.05, 0) is 24.8 Å². The zero-order valence-electron chi connectivity index (χ0n) is 15.1. The molecule has 28 heavy (non-hydrogen) atoms. The first kappa shape index (κ1) is 18.0. The third-order valence-corrected chi connectivity index (χ3v) is 7.37. The fourth-order valence-electron chi connectivity index (χ4n) is 4.44. The zero-order valence-corrected chi connectivity index (χ0v) is 16.0. The molecule has 3 aromatic rings. The van der Waals surface area contributed by atoms with Gasteiger partial charge in [-0.2, -0.15) is 17.4 Å². The molecule has 2 fully saturated rings. The number of aromatic amines is 1. The lowest BCUT2D eigenvalue weighted by atomic mass is 9.95. The summed E-state index contributed by atoms with van der Waals surface area (Å²) in [6.07, 6.45) is 6.57. The summed E-state index contributed by atoms with van der Waals surface area (Å²) >= 11 is 0. The highest BCUT2D eigenvalue weighted by atomic mass is 32.2. The standard InChI is InChI=1S/C17H20F2N6O2S/c1-10-4-11(23-28(26,27)24-8-17(18,19)9-24)5-12(10)14-6-21-15-7-22-16-13(25(14)15)2-3-20-16/h2-3,6-7,10-12,20,23H,4-5,8-9H2,1H3/t10-,11+,12?/m1/s1. The molecule has 0 spiro atoms. The highest BCUT2D eigenvalue weighted by molar-refractivity contribution is 7.87. The molecule has 0 aromatic carbocycles. The minimum atomic E-state index is -3.90. The molecule has 1 aliphatic heterocycles. The van der Waals surface area contributed by atoms with Crippen LogP contribution in [0.15, 0.2) is 24.7 Å². The van der Waals surface area contributed by atoms with Gasteiger partial charge in [0, 0.05) is 30.0 Å². The van der Waals surface area contributed by atoms with E-state index in [1.165, 1.54) is 0 Å². The minimum absolute atomic E-state index is 0.0982. The van der Waals surface area contributed by atoms with E-state index >= 15 is 0 Å². The molecule has 8 nitrogen and oxygen atoms in total. The Labute approximate surface area is 160 Å². The largest absolute Gasteiger partial charge is 0.345 e. The Bertz CT molecular complexity index is 1150. The first-order chi connectivity index (χ1) is 13.2. The predicted molar refractivity (Wildman–Crippen MR) is 98.3 cm³/mol. The normalized spacial score (nSPS) is 28.2. The van der Waals surface area contributed by atoms with Crippen LogP contribution in [0.4, 0.5) is 8.78 Å². The molecule has 2 aliphatic rings. The van der Waals surface area contributed by atoms with E-state index in [9.17, 15) is 17.2 Å². The number of nitrogens with zero attached hydrogens (tertiary/aromatic N) is 4. The average molecular weight is 410 g/mol. The lowest BCUT2D eigenvalue weighted by molar-refractivity contribution is -0.0950. The van der Waals surface area contributed by atoms with Crippen molar-refractivity contribution in [2.75, 3.05) is 13.1 Å². The number of nitrogens with one attached hydrogen (secondary N) is 2. The van der Waals surface area contributed by atoms with Gasteiger partial charge in [0.25, 0.3) is 16.1 Å². The lowest BCUT2D eigenvalue weighted by Gasteiger charge is -2.37. The van der Waals surface area contributed by atoms with Gasteiger partial charge >= 0.3 is 0 Å². The van der Waals surface area contributed by atoms with Gasteiger partial charge in [-0.3, -0.25) is 4.40 Å². The molecule has 150 valence electrons. The Balaban J connectivity index is 1.40. The number of aromatic nitrogens is 4. The second kappa shape index (κ2) is 5.94. The van der Waals surface area contributed by atoms with Crippen LogP contribution in [0.5, 0.6) is 0 Å². The lowest BCUT2D eigenvalue weighted by Crippen LogP contribution is -2.61. The van der Waals surface area contributed by atoms with Gasteiger partial charge in [-0.1, -0.05) is 6.92 Å². The van der Waals surface area contributed by atoms with Crippen molar-refractivity contribution in [2.24, 2.45) is 5.92 Å². The van der Waals surface area contributed by atoms with Crippen LogP contribution in [0.1, 0.15) is 31.4 Å². The predicted octanol–water partition coefficient (Wildman–Crippen LogP) is 1.88. The Morgan fingerprint density at radius 1 is 1.25 bits per heavy atom. The van der Waals surface area contributed by atoms with Gasteiger partial charge in [0.2, 0.25) is 0 Å². The Morgan fingerprint density at radius 2 is 2.04 bits per heavy atom. The van der Waals surface area contributed by atoms with Crippen LogP contribution in [-0.4, -0.2) is 57.1 Å². The molecule has 1 saturated heterocycles. The SMILES string of the molecule is C[C@@H]1C[C@H](NS(=O)(=O)N2CC(F)(F)C2)CC1c1cnc2cnc3[nH]ccc3n12. The second-order valence-electron chi connectivity index (χ2n) is 7.85. The quantitative estimate of drug-likeness (QED) is 0.687. The van der Waals surface area contributed by atoms with Crippen LogP contribution < -0.4 is 4.72 Å². The van der Waals surface area contributed by atoms with Crippen molar-refractivity contribution in [3.05, 3.63) is 30.4 Å². The first-order valence-corrected chi connectivity index (χ1v) is 10.6. The highest BCUT2D eigenvalue weighted by Crippen LogP contribution is 2.41. The molecule has 0 bridgehead atoms. The van der Waals surface area contributed by atoms with Gasteiger partial charge in [-0.25, -0.2) is 18.7 Å². The van der Waals surface area contributed by atoms with Gasteiger partial charge in [0.05, 0.1) is 24.8 Å². The summed E-state index contributed by atoms with van der Waals surface area (Å²) in [5.41, 5.74) is 3.42. The Morgan fingerprint density at radius 3 is 2.79 bits per heavy atom. The fraction of sp³-hybridized carbons (Fsp3) is 0.529. The van der Waals surface area contributed by atoms with Gasteiger partial charge in [-0.15, -0.1) is 0 Å². The van der Waals surface area contributed by atoms with Gasteiger partial charge < -0.3 is 4.98 Å². The number of fused-ring (bicyclic) bond motifs is 3. The van der Waals surface area contributed by atoms with Crippen molar-refractivity contribution in [1.29, 1.82) is 0 Å². The topological polar surface area (TPSA) is 95.4 Å². The summed E-state index contributed by atoms with van der Waals surface area (Å²) in [6, 6.07) is 1.64. The number of imidazole rings is 1. The maximum Gasteiger partial charge on any atom is 0.280 e. The summed E-state index contributed by atoms with van der Waals surface area (Å²) in [6.45, 7) is 0.575. The smallest absolute Gasteiger partial charge is 0.280 e. The van der Waals surface area contributed by atoms with Crippen LogP contribution >= 0.6 is 0 Å². The molecule has 2 N–H and O–H groups in total. The highest BCUT2D eigenvalue weighted by Gasteiger charge is 2.50. The van der Waals surface area contributed by atoms with Crippen LogP contribution in [0, 0.1) is 5.92 Å². The van der Waals surface area contributed by atoms with E-state index in [4.69, 9.17) is 0 Å². The van der Waals surface area contributed by atoms with E-state index < -0.39 is 29.2 Å². The van der Waals surface area contributed by atoms with Crippen LogP contribution in [0.25, 0.3) is 16.8 Å². The molecule has 1 saturated carbocycles. The number of hydrogen-bond donors (Lipinski definition) is 2. The number of halogens is 2. The third kappa shape index (κ3) is 2.80. The number of hydrogen-bond acceptors (Lipinski definition) is 4. The third-order valence-electron chi connectivity index (χ3n) is 5.80. The molecule has 5 rings (SSSR count). The fourth-order valence-corrected chi connectivity index (χ4v) is 5.92. The van der Waals surface area contributed by atoms with E-state index in [1.807, 2.05) is 22.9 Å². The Hall–Kier alpha value is -2.11. The van der Waals surface area contributed by atoms with Crippen LogP contribution in [-0.2, 0) is 10.2 Å². The molecular weight excluding hydrogens is 390 g/mol. The number of H-pyrrole nitrogens is 1. The van der Waals surface area contributed by atoms with Crippen LogP contribution in [0.3, 0.4) is 0 Å². The molecule has 0 radical (unpaired) electrons. The van der Waals surface area contributed by atoms with Gasteiger partial charge in [0.1, 0.15) is 0 Å². The molecule has 3 atom stereocenters. The van der Waals surface area contributed by atoms with Crippen molar-refractivity contribution < 1.29 is 17.2 Å². The molecule has 4 heterocycles. The summed E-state index contributed by atoms with van der Waals surface area (Å²) in [4.78, 5) is 11.9. The monoisotopic (exact) mass is 410 g/mol. The van der Waals surface area contributed by atoms with E-state index in [0.29, 0.717) is 12.8 Å².